The van der Waals surface area contributed by atoms with Gasteiger partial charge in [0.05, 0.1) is 12.1 Å². The first kappa shape index (κ1) is 28.1. The molecule has 0 unspecified atom stereocenters. The lowest BCUT2D eigenvalue weighted by atomic mass is 9.86. The third-order valence-electron chi connectivity index (χ3n) is 7.18. The zero-order chi connectivity index (χ0) is 28.3. The van der Waals surface area contributed by atoms with Crippen molar-refractivity contribution in [3.05, 3.63) is 107 Å². The fourth-order valence-corrected chi connectivity index (χ4v) is 5.17. The van der Waals surface area contributed by atoms with Gasteiger partial charge in [-0.3, -0.25) is 19.3 Å². The quantitative estimate of drug-likeness (QED) is 0.499. The minimum absolute atomic E-state index is 0.0744. The van der Waals surface area contributed by atoms with Gasteiger partial charge in [0.25, 0.3) is 5.91 Å². The zero-order valence-electron chi connectivity index (χ0n) is 21.7. The van der Waals surface area contributed by atoms with Crippen LogP contribution in [0, 0.1) is 11.6 Å². The van der Waals surface area contributed by atoms with Crippen molar-refractivity contribution in [2.45, 2.75) is 49.9 Å². The van der Waals surface area contributed by atoms with Gasteiger partial charge in [0, 0.05) is 13.1 Å². The predicted octanol–water partition coefficient (Wildman–Crippen LogP) is 3.85. The van der Waals surface area contributed by atoms with Crippen LogP contribution in [0.1, 0.15) is 54.5 Å². The fourth-order valence-electron chi connectivity index (χ4n) is 5.17. The van der Waals surface area contributed by atoms with E-state index in [1.807, 2.05) is 60.7 Å². The Labute approximate surface area is 225 Å². The number of likely N-dealkylation sites (N-methyl/N-ethyl adjacent to an activating group) is 1. The summed E-state index contributed by atoms with van der Waals surface area (Å²) in [6.07, 6.45) is -1.51. The topological polar surface area (TPSA) is 104 Å². The maximum atomic E-state index is 14.0. The third-order valence-corrected chi connectivity index (χ3v) is 7.18. The van der Waals surface area contributed by atoms with E-state index in [2.05, 4.69) is 0 Å². The number of benzene rings is 3. The molecule has 1 fully saturated rings. The van der Waals surface area contributed by atoms with Gasteiger partial charge < -0.3 is 15.7 Å². The van der Waals surface area contributed by atoms with Crippen LogP contribution < -0.4 is 5.73 Å². The molecule has 3 aromatic carbocycles. The highest BCUT2D eigenvalue weighted by Gasteiger charge is 2.45. The summed E-state index contributed by atoms with van der Waals surface area (Å²) >= 11 is 0. The van der Waals surface area contributed by atoms with Gasteiger partial charge in [-0.25, -0.2) is 8.78 Å². The van der Waals surface area contributed by atoms with E-state index in [0.29, 0.717) is 17.4 Å². The summed E-state index contributed by atoms with van der Waals surface area (Å²) in [5, 5.41) is 10.9. The smallest absolute Gasteiger partial charge is 0.263 e. The summed E-state index contributed by atoms with van der Waals surface area (Å²) < 4.78 is 27.8. The molecule has 204 valence electrons. The number of rotatable bonds is 6. The molecule has 4 rings (SSSR count). The summed E-state index contributed by atoms with van der Waals surface area (Å²) in [4.78, 5) is 43.2. The van der Waals surface area contributed by atoms with Gasteiger partial charge in [0.15, 0.2) is 6.10 Å². The lowest BCUT2D eigenvalue weighted by Crippen LogP contribution is -2.57. The number of carbonyl (C=O) groups is 3. The number of carbonyl (C=O) groups excluding carboxylic acids is 3. The number of aliphatic hydroxyl groups excluding tert-OH is 1. The molecule has 0 saturated carbocycles. The maximum absolute atomic E-state index is 14.0. The van der Waals surface area contributed by atoms with Crippen LogP contribution in [-0.2, 0) is 14.4 Å². The number of imide groups is 1. The second-order valence-corrected chi connectivity index (χ2v) is 9.91. The first-order valence-corrected chi connectivity index (χ1v) is 12.7. The van der Waals surface area contributed by atoms with Gasteiger partial charge in [-0.05, 0) is 54.5 Å². The number of hydrogen-bond donors (Lipinski definition) is 2. The van der Waals surface area contributed by atoms with Crippen LogP contribution in [-0.4, -0.2) is 51.8 Å². The molecule has 1 saturated heterocycles. The summed E-state index contributed by atoms with van der Waals surface area (Å²) in [6.45, 7) is 1.36. The van der Waals surface area contributed by atoms with Crippen LogP contribution in [0.5, 0.6) is 0 Å². The van der Waals surface area contributed by atoms with Crippen molar-refractivity contribution in [1.82, 2.24) is 9.80 Å². The SMILES string of the molecule is C[C@H](N)C(=O)N(C(=O)[C@@H](O)c1cc(F)cc(F)c1)[C@H]1C[C@H](c2ccccc2)C[C@@H](c2ccccc2)N(C)C1=O. The second-order valence-electron chi connectivity index (χ2n) is 9.91. The van der Waals surface area contributed by atoms with Crippen molar-refractivity contribution in [2.24, 2.45) is 5.73 Å². The molecular formula is C30H31F2N3O4. The second kappa shape index (κ2) is 11.8. The van der Waals surface area contributed by atoms with E-state index in [4.69, 9.17) is 5.73 Å². The number of amides is 3. The number of likely N-dealkylation sites (tertiary alicyclic amines) is 1. The predicted molar refractivity (Wildman–Crippen MR) is 141 cm³/mol. The van der Waals surface area contributed by atoms with Crippen molar-refractivity contribution in [2.75, 3.05) is 7.05 Å². The standard InChI is InChI=1S/C30H31F2N3O4/c1-18(33)28(37)35(30(39)27(36)22-13-23(31)17-24(32)14-22)26-16-21(19-9-5-3-6-10-19)15-25(34(2)29(26)38)20-11-7-4-8-12-20/h3-14,17-18,21,25-27,36H,15-16,33H2,1-2H3/t18-,21+,25-,26-,27-/m0/s1. The summed E-state index contributed by atoms with van der Waals surface area (Å²) in [6, 6.07) is 18.2. The lowest BCUT2D eigenvalue weighted by molar-refractivity contribution is -0.160. The summed E-state index contributed by atoms with van der Waals surface area (Å²) in [5.74, 6) is -4.83. The van der Waals surface area contributed by atoms with Gasteiger partial charge in [0.1, 0.15) is 17.7 Å². The van der Waals surface area contributed by atoms with E-state index in [1.54, 1.807) is 7.05 Å². The van der Waals surface area contributed by atoms with E-state index in [9.17, 15) is 28.3 Å². The van der Waals surface area contributed by atoms with Crippen LogP contribution in [0.25, 0.3) is 0 Å². The molecule has 5 atom stereocenters. The van der Waals surface area contributed by atoms with E-state index >= 15 is 0 Å². The summed E-state index contributed by atoms with van der Waals surface area (Å²) in [7, 11) is 1.61. The fraction of sp³-hybridized carbons (Fsp3) is 0.300. The molecule has 9 heteroatoms. The number of hydrogen-bond acceptors (Lipinski definition) is 5. The molecule has 1 heterocycles. The van der Waals surface area contributed by atoms with E-state index < -0.39 is 47.5 Å². The highest BCUT2D eigenvalue weighted by Crippen LogP contribution is 2.40. The molecule has 39 heavy (non-hydrogen) atoms. The molecule has 1 aliphatic heterocycles. The molecule has 3 amide bonds. The van der Waals surface area contributed by atoms with Crippen LogP contribution >= 0.6 is 0 Å². The monoisotopic (exact) mass is 535 g/mol. The first-order chi connectivity index (χ1) is 18.6. The molecule has 0 radical (unpaired) electrons. The molecule has 1 aliphatic rings. The van der Waals surface area contributed by atoms with E-state index in [-0.39, 0.29) is 23.9 Å². The number of halogens is 2. The Balaban J connectivity index is 1.80. The Morgan fingerprint density at radius 3 is 2.00 bits per heavy atom. The normalized spacial score (nSPS) is 21.1. The molecule has 7 nitrogen and oxygen atoms in total. The third kappa shape index (κ3) is 6.05. The minimum Gasteiger partial charge on any atom is -0.378 e. The van der Waals surface area contributed by atoms with Crippen LogP contribution in [0.15, 0.2) is 78.9 Å². The Bertz CT molecular complexity index is 1320. The maximum Gasteiger partial charge on any atom is 0.263 e. The molecule has 0 spiro atoms. The van der Waals surface area contributed by atoms with Crippen molar-refractivity contribution in [1.29, 1.82) is 0 Å². The lowest BCUT2D eigenvalue weighted by Gasteiger charge is -2.34. The average molecular weight is 536 g/mol. The van der Waals surface area contributed by atoms with E-state index in [1.165, 1.54) is 11.8 Å². The molecule has 3 N–H and O–H groups in total. The molecule has 0 aromatic heterocycles. The molecule has 0 bridgehead atoms. The van der Waals surface area contributed by atoms with Crippen molar-refractivity contribution in [3.8, 4) is 0 Å². The van der Waals surface area contributed by atoms with Crippen LogP contribution in [0.3, 0.4) is 0 Å². The van der Waals surface area contributed by atoms with Crippen LogP contribution in [0.4, 0.5) is 8.78 Å². The van der Waals surface area contributed by atoms with Gasteiger partial charge in [-0.1, -0.05) is 60.7 Å². The minimum atomic E-state index is -2.10. The molecular weight excluding hydrogens is 504 g/mol. The Morgan fingerprint density at radius 2 is 1.46 bits per heavy atom. The Morgan fingerprint density at radius 1 is 0.923 bits per heavy atom. The number of nitrogens with two attached hydrogens (primary N) is 1. The molecule has 3 aromatic rings. The molecule has 0 aliphatic carbocycles. The zero-order valence-corrected chi connectivity index (χ0v) is 21.7. The van der Waals surface area contributed by atoms with Crippen LogP contribution in [0.2, 0.25) is 0 Å². The van der Waals surface area contributed by atoms with Crippen molar-refractivity contribution in [3.63, 3.8) is 0 Å². The average Bonchev–Trinajstić information content (AvgIpc) is 3.05. The van der Waals surface area contributed by atoms with Gasteiger partial charge in [-0.15, -0.1) is 0 Å². The highest BCUT2D eigenvalue weighted by molar-refractivity contribution is 6.04. The first-order valence-electron chi connectivity index (χ1n) is 12.7. The Kier molecular flexibility index (Phi) is 8.52. The van der Waals surface area contributed by atoms with Crippen molar-refractivity contribution >= 4 is 17.7 Å². The largest absolute Gasteiger partial charge is 0.378 e. The Hall–Kier alpha value is -3.95. The van der Waals surface area contributed by atoms with Gasteiger partial charge in [-0.2, -0.15) is 0 Å². The number of nitrogens with zero attached hydrogens (tertiary/aromatic N) is 2. The van der Waals surface area contributed by atoms with E-state index in [0.717, 1.165) is 23.3 Å². The highest BCUT2D eigenvalue weighted by atomic mass is 19.1. The van der Waals surface area contributed by atoms with Gasteiger partial charge in [0.2, 0.25) is 11.8 Å². The van der Waals surface area contributed by atoms with Crippen molar-refractivity contribution < 1.29 is 28.3 Å². The van der Waals surface area contributed by atoms with Gasteiger partial charge >= 0.3 is 0 Å². The summed E-state index contributed by atoms with van der Waals surface area (Å²) in [5.41, 5.74) is 7.31. The number of aliphatic hydroxyl groups is 1.